The number of piperazine rings is 1. The van der Waals surface area contributed by atoms with Crippen molar-refractivity contribution in [3.63, 3.8) is 0 Å². The van der Waals surface area contributed by atoms with Crippen LogP contribution in [0.15, 0.2) is 24.3 Å². The van der Waals surface area contributed by atoms with Crippen molar-refractivity contribution in [1.82, 2.24) is 10.2 Å². The lowest BCUT2D eigenvalue weighted by molar-refractivity contribution is -0.147. The van der Waals surface area contributed by atoms with Crippen molar-refractivity contribution in [1.29, 1.82) is 0 Å². The zero-order valence-corrected chi connectivity index (χ0v) is 16.2. The number of hydrogen-bond acceptors (Lipinski definition) is 5. The molecule has 1 aliphatic heterocycles. The van der Waals surface area contributed by atoms with Crippen LogP contribution in [0, 0.1) is 0 Å². The normalized spacial score (nSPS) is 16.8. The monoisotopic (exact) mass is 376 g/mol. The smallest absolute Gasteiger partial charge is 0.308 e. The maximum Gasteiger partial charge on any atom is 0.308 e. The highest BCUT2D eigenvalue weighted by atomic mass is 16.5. The van der Waals surface area contributed by atoms with Crippen molar-refractivity contribution < 1.29 is 23.9 Å². The maximum absolute atomic E-state index is 12.9. The standard InChI is InChI=1S/C20H28N2O5/c1-4-5-12-26-18(23)13-17-19(24)21-10-11-22(17)20(25)15-6-8-16(9-7-15)27-14(2)3/h6-9,14,17H,4-5,10-13H2,1-3H3,(H,21,24)/t17-/m0/s1. The minimum atomic E-state index is -0.855. The van der Waals surface area contributed by atoms with E-state index in [9.17, 15) is 14.4 Å². The van der Waals surface area contributed by atoms with Gasteiger partial charge in [0.15, 0.2) is 0 Å². The first-order valence-electron chi connectivity index (χ1n) is 9.43. The van der Waals surface area contributed by atoms with Gasteiger partial charge in [-0.2, -0.15) is 0 Å². The minimum absolute atomic E-state index is 0.0421. The first kappa shape index (κ1) is 20.7. The van der Waals surface area contributed by atoms with Gasteiger partial charge in [-0.1, -0.05) is 13.3 Å². The van der Waals surface area contributed by atoms with Crippen LogP contribution in [0.1, 0.15) is 50.4 Å². The molecule has 7 nitrogen and oxygen atoms in total. The number of unbranched alkanes of at least 4 members (excludes halogenated alkanes) is 1. The van der Waals surface area contributed by atoms with Gasteiger partial charge in [0, 0.05) is 18.7 Å². The highest BCUT2D eigenvalue weighted by molar-refractivity contribution is 5.99. The molecule has 2 rings (SSSR count). The van der Waals surface area contributed by atoms with Crippen LogP contribution in [0.3, 0.4) is 0 Å². The quantitative estimate of drug-likeness (QED) is 0.555. The second kappa shape index (κ2) is 9.94. The van der Waals surface area contributed by atoms with Crippen LogP contribution in [0.4, 0.5) is 0 Å². The molecule has 0 unspecified atom stereocenters. The fourth-order valence-corrected chi connectivity index (χ4v) is 2.82. The third kappa shape index (κ3) is 5.98. The van der Waals surface area contributed by atoms with E-state index < -0.39 is 12.0 Å². The zero-order valence-electron chi connectivity index (χ0n) is 16.2. The molecule has 0 aliphatic carbocycles. The van der Waals surface area contributed by atoms with Crippen molar-refractivity contribution in [3.8, 4) is 5.75 Å². The van der Waals surface area contributed by atoms with Gasteiger partial charge in [0.1, 0.15) is 11.8 Å². The molecule has 1 heterocycles. The number of benzene rings is 1. The number of ether oxygens (including phenoxy) is 2. The van der Waals surface area contributed by atoms with Crippen LogP contribution in [-0.4, -0.2) is 54.5 Å². The lowest BCUT2D eigenvalue weighted by Crippen LogP contribution is -2.57. The molecule has 27 heavy (non-hydrogen) atoms. The second-order valence-corrected chi connectivity index (χ2v) is 6.77. The van der Waals surface area contributed by atoms with Gasteiger partial charge in [0.05, 0.1) is 19.1 Å². The van der Waals surface area contributed by atoms with E-state index >= 15 is 0 Å². The number of rotatable bonds is 8. The topological polar surface area (TPSA) is 84.9 Å². The van der Waals surface area contributed by atoms with Crippen LogP contribution >= 0.6 is 0 Å². The summed E-state index contributed by atoms with van der Waals surface area (Å²) in [5, 5.41) is 2.71. The Balaban J connectivity index is 2.07. The Bertz CT molecular complexity index is 657. The molecule has 1 atom stereocenters. The number of carbonyl (C=O) groups excluding carboxylic acids is 3. The lowest BCUT2D eigenvalue weighted by Gasteiger charge is -2.34. The van der Waals surface area contributed by atoms with Crippen LogP contribution in [0.2, 0.25) is 0 Å². The molecular formula is C20H28N2O5. The van der Waals surface area contributed by atoms with Gasteiger partial charge in [0.2, 0.25) is 5.91 Å². The molecule has 1 aromatic carbocycles. The maximum atomic E-state index is 12.9. The molecule has 0 spiro atoms. The van der Waals surface area contributed by atoms with E-state index in [0.717, 1.165) is 12.8 Å². The fraction of sp³-hybridized carbons (Fsp3) is 0.550. The molecule has 1 fully saturated rings. The van der Waals surface area contributed by atoms with Gasteiger partial charge in [-0.15, -0.1) is 0 Å². The Labute approximate surface area is 160 Å². The molecule has 0 radical (unpaired) electrons. The van der Waals surface area contributed by atoms with Crippen molar-refractivity contribution in [2.24, 2.45) is 0 Å². The first-order valence-corrected chi connectivity index (χ1v) is 9.43. The Morgan fingerprint density at radius 2 is 1.96 bits per heavy atom. The predicted molar refractivity (Wildman–Crippen MR) is 101 cm³/mol. The molecule has 0 aromatic heterocycles. The summed E-state index contributed by atoms with van der Waals surface area (Å²) >= 11 is 0. The number of nitrogens with zero attached hydrogens (tertiary/aromatic N) is 1. The van der Waals surface area contributed by atoms with E-state index in [-0.39, 0.29) is 24.3 Å². The fourth-order valence-electron chi connectivity index (χ4n) is 2.82. The predicted octanol–water partition coefficient (Wildman–Crippen LogP) is 2.15. The van der Waals surface area contributed by atoms with Gasteiger partial charge >= 0.3 is 5.97 Å². The van der Waals surface area contributed by atoms with Crippen molar-refractivity contribution in [2.75, 3.05) is 19.7 Å². The molecule has 1 aliphatic rings. The highest BCUT2D eigenvalue weighted by Crippen LogP contribution is 2.18. The molecule has 0 bridgehead atoms. The summed E-state index contributed by atoms with van der Waals surface area (Å²) in [6, 6.07) is 5.94. The summed E-state index contributed by atoms with van der Waals surface area (Å²) in [4.78, 5) is 38.6. The summed E-state index contributed by atoms with van der Waals surface area (Å²) in [5.74, 6) is -0.410. The third-order valence-corrected chi connectivity index (χ3v) is 4.19. The number of amides is 2. The average Bonchev–Trinajstić information content (AvgIpc) is 2.63. The van der Waals surface area contributed by atoms with Crippen LogP contribution in [0.25, 0.3) is 0 Å². The number of nitrogens with one attached hydrogen (secondary N) is 1. The Hall–Kier alpha value is -2.57. The summed E-state index contributed by atoms with van der Waals surface area (Å²) in [7, 11) is 0. The lowest BCUT2D eigenvalue weighted by atomic mass is 10.1. The van der Waals surface area contributed by atoms with Crippen LogP contribution in [-0.2, 0) is 14.3 Å². The van der Waals surface area contributed by atoms with E-state index in [0.29, 0.717) is 31.0 Å². The first-order chi connectivity index (χ1) is 12.9. The molecule has 1 saturated heterocycles. The molecule has 148 valence electrons. The molecule has 1 aromatic rings. The molecule has 7 heteroatoms. The number of esters is 1. The summed E-state index contributed by atoms with van der Waals surface area (Å²) in [5.41, 5.74) is 0.449. The number of carbonyl (C=O) groups is 3. The molecule has 2 amide bonds. The molecular weight excluding hydrogens is 348 g/mol. The Morgan fingerprint density at radius 1 is 1.26 bits per heavy atom. The van der Waals surface area contributed by atoms with E-state index in [1.54, 1.807) is 24.3 Å². The average molecular weight is 376 g/mol. The van der Waals surface area contributed by atoms with Crippen molar-refractivity contribution in [2.45, 2.75) is 52.2 Å². The summed E-state index contributed by atoms with van der Waals surface area (Å²) < 4.78 is 10.7. The SMILES string of the molecule is CCCCOC(=O)C[C@H]1C(=O)NCCN1C(=O)c1ccc(OC(C)C)cc1. The zero-order chi connectivity index (χ0) is 19.8. The molecule has 1 N–H and O–H groups in total. The third-order valence-electron chi connectivity index (χ3n) is 4.19. The Morgan fingerprint density at radius 3 is 2.59 bits per heavy atom. The van der Waals surface area contributed by atoms with Crippen molar-refractivity contribution >= 4 is 17.8 Å². The minimum Gasteiger partial charge on any atom is -0.491 e. The van der Waals surface area contributed by atoms with Gasteiger partial charge in [-0.25, -0.2) is 0 Å². The van der Waals surface area contributed by atoms with E-state index in [4.69, 9.17) is 9.47 Å². The Kier molecular flexibility index (Phi) is 7.64. The largest absolute Gasteiger partial charge is 0.491 e. The van der Waals surface area contributed by atoms with Gasteiger partial charge in [-0.05, 0) is 44.5 Å². The van der Waals surface area contributed by atoms with Crippen molar-refractivity contribution in [3.05, 3.63) is 29.8 Å². The van der Waals surface area contributed by atoms with E-state index in [1.165, 1.54) is 4.90 Å². The van der Waals surface area contributed by atoms with Gasteiger partial charge in [-0.3, -0.25) is 14.4 Å². The van der Waals surface area contributed by atoms with Crippen LogP contribution in [0.5, 0.6) is 5.75 Å². The number of hydrogen-bond donors (Lipinski definition) is 1. The summed E-state index contributed by atoms with van der Waals surface area (Å²) in [6.45, 7) is 6.89. The van der Waals surface area contributed by atoms with Gasteiger partial charge in [0.25, 0.3) is 5.91 Å². The molecule has 0 saturated carbocycles. The summed E-state index contributed by atoms with van der Waals surface area (Å²) in [6.07, 6.45) is 1.59. The van der Waals surface area contributed by atoms with E-state index in [2.05, 4.69) is 5.32 Å². The van der Waals surface area contributed by atoms with Gasteiger partial charge < -0.3 is 19.7 Å². The van der Waals surface area contributed by atoms with E-state index in [1.807, 2.05) is 20.8 Å². The highest BCUT2D eigenvalue weighted by Gasteiger charge is 2.35. The van der Waals surface area contributed by atoms with Crippen LogP contribution < -0.4 is 10.1 Å². The second-order valence-electron chi connectivity index (χ2n) is 6.77.